The topological polar surface area (TPSA) is 86.8 Å². The molecule has 2 amide bonds. The van der Waals surface area contributed by atoms with Crippen molar-refractivity contribution < 1.29 is 18.0 Å². The molecule has 0 aliphatic heterocycles. The number of hydrogen-bond donors (Lipinski definition) is 1. The van der Waals surface area contributed by atoms with E-state index in [-0.39, 0.29) is 18.9 Å². The van der Waals surface area contributed by atoms with Gasteiger partial charge in [0.05, 0.1) is 11.9 Å². The van der Waals surface area contributed by atoms with Crippen molar-refractivity contribution in [1.82, 2.24) is 10.2 Å². The number of carbonyl (C=O) groups is 2. The molecule has 220 valence electrons. The van der Waals surface area contributed by atoms with Crippen LogP contribution in [0.4, 0.5) is 5.69 Å². The molecule has 10 heteroatoms. The lowest BCUT2D eigenvalue weighted by atomic mass is 10.0. The van der Waals surface area contributed by atoms with E-state index < -0.39 is 34.1 Å². The highest BCUT2D eigenvalue weighted by Gasteiger charge is 2.34. The van der Waals surface area contributed by atoms with Gasteiger partial charge in [0.2, 0.25) is 21.8 Å². The molecular weight excluding hydrogens is 581 g/mol. The van der Waals surface area contributed by atoms with E-state index >= 15 is 0 Å². The maximum Gasteiger partial charge on any atom is 0.244 e. The van der Waals surface area contributed by atoms with Crippen molar-refractivity contribution in [2.45, 2.75) is 59.2 Å². The quantitative estimate of drug-likeness (QED) is 0.305. The van der Waals surface area contributed by atoms with E-state index in [4.69, 9.17) is 23.2 Å². The number of aryl methyl sites for hydroxylation is 2. The molecule has 1 atom stereocenters. The van der Waals surface area contributed by atoms with Crippen LogP contribution in [-0.2, 0) is 32.6 Å². The monoisotopic (exact) mass is 617 g/mol. The van der Waals surface area contributed by atoms with E-state index in [0.29, 0.717) is 26.9 Å². The molecule has 3 aromatic carbocycles. The van der Waals surface area contributed by atoms with Crippen LogP contribution in [0.3, 0.4) is 0 Å². The van der Waals surface area contributed by atoms with Gasteiger partial charge in [-0.05, 0) is 69.5 Å². The molecule has 0 aliphatic rings. The Kier molecular flexibility index (Phi) is 10.5. The molecular formula is C31H37Cl2N3O4S. The average Bonchev–Trinajstić information content (AvgIpc) is 2.85. The van der Waals surface area contributed by atoms with Crippen molar-refractivity contribution in [2.75, 3.05) is 17.1 Å². The van der Waals surface area contributed by atoms with Crippen LogP contribution in [0.25, 0.3) is 0 Å². The first-order chi connectivity index (χ1) is 19.0. The second-order valence-corrected chi connectivity index (χ2v) is 14.0. The fourth-order valence-corrected chi connectivity index (χ4v) is 5.90. The van der Waals surface area contributed by atoms with Gasteiger partial charge in [0.1, 0.15) is 12.6 Å². The van der Waals surface area contributed by atoms with Gasteiger partial charge in [-0.1, -0.05) is 77.3 Å². The summed E-state index contributed by atoms with van der Waals surface area (Å²) >= 11 is 12.6. The lowest BCUT2D eigenvalue weighted by Gasteiger charge is -2.35. The number of hydrogen-bond acceptors (Lipinski definition) is 4. The number of nitrogens with zero attached hydrogens (tertiary/aromatic N) is 2. The minimum absolute atomic E-state index is 0.0334. The summed E-state index contributed by atoms with van der Waals surface area (Å²) in [5.74, 6) is -0.913. The first-order valence-corrected chi connectivity index (χ1v) is 15.8. The lowest BCUT2D eigenvalue weighted by Crippen LogP contribution is -2.56. The SMILES string of the molecule is Cc1ccc(N(CC(=O)N(Cc2ccc(Cl)cc2Cl)[C@@H](Cc2ccccc2)C(=O)NC(C)(C)C)S(C)(=O)=O)c(C)c1. The van der Waals surface area contributed by atoms with Crippen LogP contribution in [-0.4, -0.2) is 49.5 Å². The highest BCUT2D eigenvalue weighted by atomic mass is 35.5. The number of anilines is 1. The third-order valence-electron chi connectivity index (χ3n) is 6.43. The van der Waals surface area contributed by atoms with Crippen molar-refractivity contribution in [1.29, 1.82) is 0 Å². The second kappa shape index (κ2) is 13.3. The molecule has 7 nitrogen and oxygen atoms in total. The normalized spacial score (nSPS) is 12.5. The van der Waals surface area contributed by atoms with Crippen LogP contribution in [0, 0.1) is 13.8 Å². The van der Waals surface area contributed by atoms with Gasteiger partial charge in [0.15, 0.2) is 0 Å². The first-order valence-electron chi connectivity index (χ1n) is 13.2. The predicted octanol–water partition coefficient (Wildman–Crippen LogP) is 5.93. The molecule has 1 N–H and O–H groups in total. The van der Waals surface area contributed by atoms with Crippen LogP contribution in [0.5, 0.6) is 0 Å². The summed E-state index contributed by atoms with van der Waals surface area (Å²) in [4.78, 5) is 29.4. The summed E-state index contributed by atoms with van der Waals surface area (Å²) in [7, 11) is -3.86. The van der Waals surface area contributed by atoms with Crippen molar-refractivity contribution in [3.8, 4) is 0 Å². The number of sulfonamides is 1. The Morgan fingerprint density at radius 1 is 0.951 bits per heavy atom. The summed E-state index contributed by atoms with van der Waals surface area (Å²) in [6, 6.07) is 18.7. The molecule has 0 fully saturated rings. The molecule has 3 aromatic rings. The molecule has 0 spiro atoms. The maximum atomic E-state index is 14.2. The summed E-state index contributed by atoms with van der Waals surface area (Å²) in [5.41, 5.74) is 2.92. The molecule has 0 saturated heterocycles. The zero-order valence-electron chi connectivity index (χ0n) is 24.2. The maximum absolute atomic E-state index is 14.2. The minimum atomic E-state index is -3.86. The van der Waals surface area contributed by atoms with Gasteiger partial charge < -0.3 is 10.2 Å². The fourth-order valence-electron chi connectivity index (χ4n) is 4.52. The number of carbonyl (C=O) groups excluding carboxylic acids is 2. The van der Waals surface area contributed by atoms with Gasteiger partial charge in [-0.2, -0.15) is 0 Å². The minimum Gasteiger partial charge on any atom is -0.350 e. The van der Waals surface area contributed by atoms with Crippen LogP contribution in [0.15, 0.2) is 66.7 Å². The highest BCUT2D eigenvalue weighted by Crippen LogP contribution is 2.27. The molecule has 0 radical (unpaired) electrons. The first kappa shape index (κ1) is 32.4. The van der Waals surface area contributed by atoms with Crippen LogP contribution < -0.4 is 9.62 Å². The third-order valence-corrected chi connectivity index (χ3v) is 8.14. The van der Waals surface area contributed by atoms with Gasteiger partial charge >= 0.3 is 0 Å². The Morgan fingerprint density at radius 2 is 1.61 bits per heavy atom. The number of amides is 2. The Balaban J connectivity index is 2.12. The van der Waals surface area contributed by atoms with Gasteiger partial charge in [0, 0.05) is 28.5 Å². The molecule has 41 heavy (non-hydrogen) atoms. The Hall–Kier alpha value is -3.07. The van der Waals surface area contributed by atoms with Crippen LogP contribution in [0.1, 0.15) is 43.0 Å². The Bertz CT molecular complexity index is 1510. The van der Waals surface area contributed by atoms with Crippen molar-refractivity contribution in [3.63, 3.8) is 0 Å². The van der Waals surface area contributed by atoms with Gasteiger partial charge in [-0.15, -0.1) is 0 Å². The number of halogens is 2. The average molecular weight is 619 g/mol. The Labute approximate surface area is 253 Å². The zero-order valence-corrected chi connectivity index (χ0v) is 26.6. The molecule has 0 aromatic heterocycles. The van der Waals surface area contributed by atoms with E-state index in [0.717, 1.165) is 21.7 Å². The van der Waals surface area contributed by atoms with Gasteiger partial charge in [0.25, 0.3) is 0 Å². The molecule has 0 bridgehead atoms. The molecule has 0 unspecified atom stereocenters. The van der Waals surface area contributed by atoms with E-state index in [2.05, 4.69) is 5.32 Å². The zero-order chi connectivity index (χ0) is 30.5. The van der Waals surface area contributed by atoms with Crippen LogP contribution >= 0.6 is 23.2 Å². The summed E-state index contributed by atoms with van der Waals surface area (Å²) in [6.07, 6.45) is 1.27. The van der Waals surface area contributed by atoms with E-state index in [1.807, 2.05) is 64.1 Å². The predicted molar refractivity (Wildman–Crippen MR) is 167 cm³/mol. The van der Waals surface area contributed by atoms with Crippen molar-refractivity contribution in [2.24, 2.45) is 0 Å². The smallest absolute Gasteiger partial charge is 0.244 e. The summed E-state index contributed by atoms with van der Waals surface area (Å²) in [5, 5.41) is 3.76. The number of nitrogens with one attached hydrogen (secondary N) is 1. The third kappa shape index (κ3) is 9.21. The fraction of sp³-hybridized carbons (Fsp3) is 0.355. The van der Waals surface area contributed by atoms with Gasteiger partial charge in [-0.3, -0.25) is 13.9 Å². The molecule has 0 heterocycles. The van der Waals surface area contributed by atoms with Crippen LogP contribution in [0.2, 0.25) is 10.0 Å². The summed E-state index contributed by atoms with van der Waals surface area (Å²) < 4.78 is 27.1. The number of rotatable bonds is 10. The lowest BCUT2D eigenvalue weighted by molar-refractivity contribution is -0.140. The van der Waals surface area contributed by atoms with E-state index in [9.17, 15) is 18.0 Å². The summed E-state index contributed by atoms with van der Waals surface area (Å²) in [6.45, 7) is 8.75. The standard InChI is InChI=1S/C31H37Cl2N3O4S/c1-21-12-15-27(22(2)16-21)36(41(6,39)40)20-29(37)35(19-24-13-14-25(32)18-26(24)33)28(30(38)34-31(3,4)5)17-23-10-8-7-9-11-23/h7-16,18,28H,17,19-20H2,1-6H3,(H,34,38)/t28-/m0/s1. The van der Waals surface area contributed by atoms with E-state index in [1.165, 1.54) is 4.90 Å². The second-order valence-electron chi connectivity index (χ2n) is 11.3. The molecule has 3 rings (SSSR count). The number of benzene rings is 3. The van der Waals surface area contributed by atoms with Crippen molar-refractivity contribution >= 4 is 50.7 Å². The van der Waals surface area contributed by atoms with Crippen molar-refractivity contribution in [3.05, 3.63) is 99.0 Å². The molecule has 0 aliphatic carbocycles. The largest absolute Gasteiger partial charge is 0.350 e. The van der Waals surface area contributed by atoms with E-state index in [1.54, 1.807) is 37.3 Å². The van der Waals surface area contributed by atoms with Gasteiger partial charge in [-0.25, -0.2) is 8.42 Å². The Morgan fingerprint density at radius 3 is 2.17 bits per heavy atom. The highest BCUT2D eigenvalue weighted by molar-refractivity contribution is 7.92. The molecule has 0 saturated carbocycles.